The highest BCUT2D eigenvalue weighted by Gasteiger charge is 2.32. The third-order valence-corrected chi connectivity index (χ3v) is 7.91. The maximum atomic E-state index is 12.8. The molecule has 0 saturated carbocycles. The Labute approximate surface area is 194 Å². The number of carbonyl (C=O) groups excluding carboxylic acids is 3. The van der Waals surface area contributed by atoms with E-state index in [2.05, 4.69) is 15.4 Å². The van der Waals surface area contributed by atoms with Gasteiger partial charge in [0.05, 0.1) is 17.1 Å². The molecule has 0 atom stereocenters. The number of anilines is 1. The number of rotatable bonds is 6. The number of sulfonamides is 1. The third-order valence-electron chi connectivity index (χ3n) is 4.91. The van der Waals surface area contributed by atoms with E-state index in [0.717, 1.165) is 11.3 Å². The highest BCUT2D eigenvalue weighted by molar-refractivity contribution is 7.89. The van der Waals surface area contributed by atoms with Crippen LogP contribution in [0.4, 0.5) is 9.80 Å². The van der Waals surface area contributed by atoms with Gasteiger partial charge < -0.3 is 10.1 Å². The van der Waals surface area contributed by atoms with Crippen molar-refractivity contribution in [3.8, 4) is 0 Å². The Kier molecular flexibility index (Phi) is 7.88. The van der Waals surface area contributed by atoms with E-state index in [1.807, 2.05) is 0 Å². The number of nitrogens with one attached hydrogen (secondary N) is 2. The smallest absolute Gasteiger partial charge is 0.414 e. The summed E-state index contributed by atoms with van der Waals surface area (Å²) >= 11 is 6.98. The highest BCUT2D eigenvalue weighted by Crippen LogP contribution is 2.28. The van der Waals surface area contributed by atoms with Crippen LogP contribution in [0.3, 0.4) is 0 Å². The molecular formula is C20H22ClN3O6S2. The summed E-state index contributed by atoms with van der Waals surface area (Å²) in [6.07, 6.45) is -0.182. The van der Waals surface area contributed by atoms with Crippen molar-refractivity contribution < 1.29 is 27.5 Å². The van der Waals surface area contributed by atoms with Crippen LogP contribution < -0.4 is 10.6 Å². The molecule has 0 bridgehead atoms. The first-order valence-corrected chi connectivity index (χ1v) is 12.5. The number of benzene rings is 1. The quantitative estimate of drug-likeness (QED) is 0.628. The topological polar surface area (TPSA) is 122 Å². The van der Waals surface area contributed by atoms with Gasteiger partial charge in [0.1, 0.15) is 5.00 Å². The first-order valence-electron chi connectivity index (χ1n) is 9.84. The van der Waals surface area contributed by atoms with Crippen LogP contribution in [0.5, 0.6) is 0 Å². The molecular weight excluding hydrogens is 478 g/mol. The summed E-state index contributed by atoms with van der Waals surface area (Å²) in [6, 6.07) is 7.44. The molecule has 0 spiro atoms. The number of carbonyl (C=O) groups is 3. The van der Waals surface area contributed by atoms with Crippen molar-refractivity contribution in [1.29, 1.82) is 0 Å². The van der Waals surface area contributed by atoms with Gasteiger partial charge in [-0.3, -0.25) is 14.9 Å². The van der Waals surface area contributed by atoms with Crippen LogP contribution in [0.25, 0.3) is 0 Å². The second-order valence-electron chi connectivity index (χ2n) is 6.96. The van der Waals surface area contributed by atoms with E-state index in [9.17, 15) is 22.8 Å². The van der Waals surface area contributed by atoms with Gasteiger partial charge in [-0.1, -0.05) is 11.6 Å². The third kappa shape index (κ3) is 5.66. The molecule has 2 aromatic rings. The summed E-state index contributed by atoms with van der Waals surface area (Å²) in [5, 5.41) is 7.20. The van der Waals surface area contributed by atoms with Gasteiger partial charge in [-0.15, -0.1) is 11.3 Å². The number of alkyl carbamates (subject to hydrolysis) is 1. The van der Waals surface area contributed by atoms with E-state index in [1.54, 1.807) is 12.3 Å². The average Bonchev–Trinajstić information content (AvgIpc) is 3.22. The van der Waals surface area contributed by atoms with Gasteiger partial charge in [0.2, 0.25) is 15.9 Å². The number of piperidine rings is 1. The first kappa shape index (κ1) is 24.2. The standard InChI is InChI=1S/C20H22ClN3O6S2/c1-2-30-20(27)23-18(26)16-9-12-31-19(16)22-17(25)13-7-10-24(11-8-13)32(28,29)15-5-3-14(21)4-6-15/h3-6,9,12-13H,2,7-8,10-11H2,1H3,(H,22,25)(H,23,26,27). The largest absolute Gasteiger partial charge is 0.450 e. The molecule has 1 aromatic heterocycles. The summed E-state index contributed by atoms with van der Waals surface area (Å²) in [7, 11) is -3.66. The van der Waals surface area contributed by atoms with Crippen LogP contribution in [0.2, 0.25) is 5.02 Å². The fourth-order valence-corrected chi connectivity index (χ4v) is 5.62. The van der Waals surface area contributed by atoms with Crippen molar-refractivity contribution >= 4 is 55.9 Å². The van der Waals surface area contributed by atoms with E-state index in [0.29, 0.717) is 22.9 Å². The summed E-state index contributed by atoms with van der Waals surface area (Å²) in [6.45, 7) is 2.14. The molecule has 172 valence electrons. The Morgan fingerprint density at radius 2 is 1.81 bits per heavy atom. The zero-order chi connectivity index (χ0) is 23.3. The molecule has 12 heteroatoms. The van der Waals surface area contributed by atoms with Crippen molar-refractivity contribution in [3.05, 3.63) is 46.3 Å². The lowest BCUT2D eigenvalue weighted by Gasteiger charge is -2.30. The molecule has 2 N–H and O–H groups in total. The van der Waals surface area contributed by atoms with Crippen LogP contribution in [0.15, 0.2) is 40.6 Å². The lowest BCUT2D eigenvalue weighted by Crippen LogP contribution is -2.41. The Hall–Kier alpha value is -2.47. The van der Waals surface area contributed by atoms with E-state index < -0.39 is 27.9 Å². The van der Waals surface area contributed by atoms with Gasteiger partial charge in [-0.25, -0.2) is 13.2 Å². The number of nitrogens with zero attached hydrogens (tertiary/aromatic N) is 1. The Morgan fingerprint density at radius 1 is 1.16 bits per heavy atom. The molecule has 0 radical (unpaired) electrons. The first-order chi connectivity index (χ1) is 15.2. The minimum Gasteiger partial charge on any atom is -0.450 e. The van der Waals surface area contributed by atoms with Crippen LogP contribution >= 0.6 is 22.9 Å². The SMILES string of the molecule is CCOC(=O)NC(=O)c1ccsc1NC(=O)C1CCN(S(=O)(=O)c2ccc(Cl)cc2)CC1. The molecule has 9 nitrogen and oxygen atoms in total. The van der Waals surface area contributed by atoms with Crippen molar-refractivity contribution in [2.24, 2.45) is 5.92 Å². The number of halogens is 1. The summed E-state index contributed by atoms with van der Waals surface area (Å²) in [5.41, 5.74) is 0.152. The normalized spacial score (nSPS) is 15.2. The maximum absolute atomic E-state index is 12.8. The minimum atomic E-state index is -3.66. The molecule has 3 rings (SSSR count). The molecule has 3 amide bonds. The zero-order valence-corrected chi connectivity index (χ0v) is 19.6. The molecule has 1 aliphatic rings. The van der Waals surface area contributed by atoms with Gasteiger partial charge in [0, 0.05) is 24.0 Å². The van der Waals surface area contributed by atoms with Gasteiger partial charge in [0.25, 0.3) is 5.91 Å². The molecule has 1 saturated heterocycles. The van der Waals surface area contributed by atoms with Crippen molar-refractivity contribution in [3.63, 3.8) is 0 Å². The predicted octanol–water partition coefficient (Wildman–Crippen LogP) is 3.33. The lowest BCUT2D eigenvalue weighted by atomic mass is 9.97. The average molecular weight is 500 g/mol. The highest BCUT2D eigenvalue weighted by atomic mass is 35.5. The van der Waals surface area contributed by atoms with Crippen LogP contribution in [0.1, 0.15) is 30.1 Å². The number of amides is 3. The van der Waals surface area contributed by atoms with Gasteiger partial charge in [0.15, 0.2) is 0 Å². The maximum Gasteiger partial charge on any atom is 0.414 e. The fraction of sp³-hybridized carbons (Fsp3) is 0.350. The second kappa shape index (κ2) is 10.4. The lowest BCUT2D eigenvalue weighted by molar-refractivity contribution is -0.120. The molecule has 32 heavy (non-hydrogen) atoms. The molecule has 1 aliphatic heterocycles. The summed E-state index contributed by atoms with van der Waals surface area (Å²) in [5.74, 6) is -1.39. The Balaban J connectivity index is 1.59. The predicted molar refractivity (Wildman–Crippen MR) is 120 cm³/mol. The zero-order valence-electron chi connectivity index (χ0n) is 17.2. The van der Waals surface area contributed by atoms with Gasteiger partial charge in [-0.05, 0) is 55.5 Å². The molecule has 0 unspecified atom stereocenters. The van der Waals surface area contributed by atoms with Crippen LogP contribution in [-0.4, -0.2) is 50.3 Å². The summed E-state index contributed by atoms with van der Waals surface area (Å²) < 4.78 is 31.6. The van der Waals surface area contributed by atoms with Gasteiger partial charge >= 0.3 is 6.09 Å². The van der Waals surface area contributed by atoms with Crippen molar-refractivity contribution in [2.45, 2.75) is 24.7 Å². The van der Waals surface area contributed by atoms with Crippen molar-refractivity contribution in [1.82, 2.24) is 9.62 Å². The molecule has 1 fully saturated rings. The molecule has 2 heterocycles. The number of hydrogen-bond acceptors (Lipinski definition) is 7. The van der Waals surface area contributed by atoms with Crippen molar-refractivity contribution in [2.75, 3.05) is 25.0 Å². The monoisotopic (exact) mass is 499 g/mol. The second-order valence-corrected chi connectivity index (χ2v) is 10.3. The Morgan fingerprint density at radius 3 is 2.44 bits per heavy atom. The number of hydrogen-bond donors (Lipinski definition) is 2. The molecule has 1 aromatic carbocycles. The number of thiophene rings is 1. The van der Waals surface area contributed by atoms with Crippen LogP contribution in [-0.2, 0) is 19.6 Å². The van der Waals surface area contributed by atoms with E-state index in [1.165, 1.54) is 34.6 Å². The Bertz CT molecular complexity index is 1090. The summed E-state index contributed by atoms with van der Waals surface area (Å²) in [4.78, 5) is 36.6. The van der Waals surface area contributed by atoms with E-state index >= 15 is 0 Å². The van der Waals surface area contributed by atoms with E-state index in [-0.39, 0.29) is 36.1 Å². The fourth-order valence-electron chi connectivity index (χ4n) is 3.24. The number of imide groups is 1. The van der Waals surface area contributed by atoms with Crippen LogP contribution in [0, 0.1) is 5.92 Å². The van der Waals surface area contributed by atoms with Gasteiger partial charge in [-0.2, -0.15) is 4.31 Å². The number of ether oxygens (including phenoxy) is 1. The molecule has 0 aliphatic carbocycles. The van der Waals surface area contributed by atoms with E-state index in [4.69, 9.17) is 11.6 Å². The minimum absolute atomic E-state index is 0.124.